The molecule has 6 heteroatoms. The zero-order valence-corrected chi connectivity index (χ0v) is 17.6. The molecular formula is C24H32N2O4. The van der Waals surface area contributed by atoms with Crippen molar-refractivity contribution in [2.75, 3.05) is 33.3 Å². The smallest absolute Gasteiger partial charge is 0.222 e. The van der Waals surface area contributed by atoms with E-state index in [4.69, 9.17) is 4.74 Å². The predicted molar refractivity (Wildman–Crippen MR) is 116 cm³/mol. The van der Waals surface area contributed by atoms with Gasteiger partial charge in [-0.05, 0) is 49.1 Å². The minimum absolute atomic E-state index is 0.0194. The van der Waals surface area contributed by atoms with E-state index in [1.807, 2.05) is 54.6 Å². The lowest BCUT2D eigenvalue weighted by Crippen LogP contribution is -2.60. The molecule has 0 radical (unpaired) electrons. The summed E-state index contributed by atoms with van der Waals surface area (Å²) >= 11 is 0. The number of likely N-dealkylation sites (tertiary alicyclic amines) is 1. The predicted octanol–water partition coefficient (Wildman–Crippen LogP) is 1.78. The second kappa shape index (κ2) is 10.6. The molecule has 30 heavy (non-hydrogen) atoms. The van der Waals surface area contributed by atoms with E-state index in [-0.39, 0.29) is 12.5 Å². The zero-order chi connectivity index (χ0) is 21.4. The Kier molecular flexibility index (Phi) is 7.85. The molecule has 0 spiro atoms. The Hall–Kier alpha value is -2.41. The fourth-order valence-corrected chi connectivity index (χ4v) is 3.82. The van der Waals surface area contributed by atoms with Gasteiger partial charge in [0.15, 0.2) is 0 Å². The van der Waals surface area contributed by atoms with Crippen molar-refractivity contribution in [3.05, 3.63) is 65.7 Å². The highest BCUT2D eigenvalue weighted by molar-refractivity contribution is 5.76. The molecule has 2 atom stereocenters. The first kappa shape index (κ1) is 22.3. The number of nitrogens with zero attached hydrogens (tertiary/aromatic N) is 1. The molecule has 1 aliphatic heterocycles. The van der Waals surface area contributed by atoms with Gasteiger partial charge in [-0.3, -0.25) is 4.79 Å². The van der Waals surface area contributed by atoms with Crippen molar-refractivity contribution in [2.45, 2.75) is 37.4 Å². The summed E-state index contributed by atoms with van der Waals surface area (Å²) in [6.45, 7) is 1.60. The van der Waals surface area contributed by atoms with Crippen LogP contribution in [0.5, 0.6) is 5.75 Å². The number of hydrogen-bond acceptors (Lipinski definition) is 5. The molecular weight excluding hydrogens is 380 g/mol. The number of aliphatic hydroxyl groups is 2. The van der Waals surface area contributed by atoms with Gasteiger partial charge in [-0.25, -0.2) is 0 Å². The second-order valence-corrected chi connectivity index (χ2v) is 7.97. The van der Waals surface area contributed by atoms with E-state index in [1.54, 1.807) is 12.0 Å². The van der Waals surface area contributed by atoms with Gasteiger partial charge in [-0.2, -0.15) is 0 Å². The van der Waals surface area contributed by atoms with Crippen molar-refractivity contribution in [1.29, 1.82) is 0 Å². The number of amides is 1. The molecule has 162 valence electrons. The highest BCUT2D eigenvalue weighted by Crippen LogP contribution is 2.23. The van der Waals surface area contributed by atoms with Crippen molar-refractivity contribution < 1.29 is 19.7 Å². The van der Waals surface area contributed by atoms with Gasteiger partial charge in [-0.1, -0.05) is 42.5 Å². The van der Waals surface area contributed by atoms with Crippen LogP contribution in [0, 0.1) is 0 Å². The summed E-state index contributed by atoms with van der Waals surface area (Å²) < 4.78 is 5.23. The van der Waals surface area contributed by atoms with Crippen LogP contribution in [0.15, 0.2) is 54.6 Å². The van der Waals surface area contributed by atoms with Crippen LogP contribution in [0.2, 0.25) is 0 Å². The van der Waals surface area contributed by atoms with E-state index in [9.17, 15) is 15.0 Å². The van der Waals surface area contributed by atoms with Crippen molar-refractivity contribution in [1.82, 2.24) is 10.2 Å². The maximum atomic E-state index is 12.5. The minimum atomic E-state index is -1.22. The van der Waals surface area contributed by atoms with Crippen LogP contribution in [-0.2, 0) is 17.6 Å². The molecule has 1 saturated heterocycles. The Bertz CT molecular complexity index is 814. The van der Waals surface area contributed by atoms with E-state index in [0.29, 0.717) is 38.9 Å². The molecule has 0 unspecified atom stereocenters. The first-order valence-electron chi connectivity index (χ1n) is 10.6. The summed E-state index contributed by atoms with van der Waals surface area (Å²) in [6, 6.07) is 17.8. The van der Waals surface area contributed by atoms with Crippen LogP contribution in [0.25, 0.3) is 0 Å². The number of nitrogens with one attached hydrogen (secondary N) is 1. The normalized spacial score (nSPS) is 21.4. The average Bonchev–Trinajstić information content (AvgIpc) is 2.78. The maximum Gasteiger partial charge on any atom is 0.222 e. The lowest BCUT2D eigenvalue weighted by atomic mass is 9.88. The number of hydrogen-bond donors (Lipinski definition) is 3. The molecule has 1 fully saturated rings. The van der Waals surface area contributed by atoms with Gasteiger partial charge in [0.1, 0.15) is 17.5 Å². The lowest BCUT2D eigenvalue weighted by molar-refractivity contribution is -0.148. The molecule has 2 aromatic rings. The first-order valence-corrected chi connectivity index (χ1v) is 10.6. The van der Waals surface area contributed by atoms with Crippen LogP contribution in [0.3, 0.4) is 0 Å². The van der Waals surface area contributed by atoms with Crippen molar-refractivity contribution in [2.24, 2.45) is 0 Å². The van der Waals surface area contributed by atoms with Crippen LogP contribution >= 0.6 is 0 Å². The summed E-state index contributed by atoms with van der Waals surface area (Å²) in [5.41, 5.74) is 1.05. The summed E-state index contributed by atoms with van der Waals surface area (Å²) in [5, 5.41) is 24.6. The van der Waals surface area contributed by atoms with Crippen LogP contribution in [-0.4, -0.2) is 66.0 Å². The third-order valence-electron chi connectivity index (χ3n) is 5.81. The van der Waals surface area contributed by atoms with Gasteiger partial charge < -0.3 is 25.2 Å². The quantitative estimate of drug-likeness (QED) is 0.547. The minimum Gasteiger partial charge on any atom is -0.497 e. The molecule has 0 saturated carbocycles. The number of methoxy groups -OCH3 is 1. The standard InChI is InChI=1S/C24H32N2O4/c1-30-21-9-5-8-20(16-21)12-14-25-18-24(29)13-15-26(17-22(24)27)23(28)11-10-19-6-3-2-4-7-19/h2-9,16,22,25,27,29H,10-15,17-18H2,1H3/t22-,24-/m0/s1. The number of aryl methyl sites for hydroxylation is 1. The molecule has 6 nitrogen and oxygen atoms in total. The molecule has 3 rings (SSSR count). The van der Waals surface area contributed by atoms with Crippen molar-refractivity contribution >= 4 is 5.91 Å². The van der Waals surface area contributed by atoms with E-state index in [2.05, 4.69) is 5.32 Å². The molecule has 1 aliphatic rings. The van der Waals surface area contributed by atoms with Gasteiger partial charge in [-0.15, -0.1) is 0 Å². The van der Waals surface area contributed by atoms with Gasteiger partial charge in [0, 0.05) is 26.1 Å². The summed E-state index contributed by atoms with van der Waals surface area (Å²) in [6.07, 6.45) is 1.29. The van der Waals surface area contributed by atoms with Crippen molar-refractivity contribution in [3.8, 4) is 5.75 Å². The van der Waals surface area contributed by atoms with Gasteiger partial charge >= 0.3 is 0 Å². The lowest BCUT2D eigenvalue weighted by Gasteiger charge is -2.42. The SMILES string of the molecule is COc1cccc(CCNC[C@@]2(O)CCN(C(=O)CCc3ccccc3)C[C@@H]2O)c1. The fraction of sp³-hybridized carbons (Fsp3) is 0.458. The monoisotopic (exact) mass is 412 g/mol. The molecule has 0 bridgehead atoms. The zero-order valence-electron chi connectivity index (χ0n) is 17.6. The number of benzene rings is 2. The van der Waals surface area contributed by atoms with E-state index < -0.39 is 11.7 Å². The van der Waals surface area contributed by atoms with Crippen molar-refractivity contribution in [3.63, 3.8) is 0 Å². The second-order valence-electron chi connectivity index (χ2n) is 7.97. The third-order valence-corrected chi connectivity index (χ3v) is 5.81. The van der Waals surface area contributed by atoms with Gasteiger partial charge in [0.2, 0.25) is 5.91 Å². The van der Waals surface area contributed by atoms with E-state index in [1.165, 1.54) is 0 Å². The molecule has 0 aromatic heterocycles. The first-order chi connectivity index (χ1) is 14.5. The third kappa shape index (κ3) is 6.05. The van der Waals surface area contributed by atoms with Crippen LogP contribution in [0.4, 0.5) is 0 Å². The Morgan fingerprint density at radius 1 is 1.17 bits per heavy atom. The number of ether oxygens (including phenoxy) is 1. The summed E-state index contributed by atoms with van der Waals surface area (Å²) in [5.74, 6) is 0.844. The highest BCUT2D eigenvalue weighted by atomic mass is 16.5. The van der Waals surface area contributed by atoms with Gasteiger partial charge in [0.05, 0.1) is 7.11 Å². The number of carbonyl (C=O) groups excluding carboxylic acids is 1. The summed E-state index contributed by atoms with van der Waals surface area (Å²) in [7, 11) is 1.65. The maximum absolute atomic E-state index is 12.5. The Morgan fingerprint density at radius 3 is 2.67 bits per heavy atom. The number of β-amino-alcohol motifs (C(OH)–C–C–N with tert-alkyl or cyclic N) is 1. The van der Waals surface area contributed by atoms with Gasteiger partial charge in [0.25, 0.3) is 0 Å². The highest BCUT2D eigenvalue weighted by Gasteiger charge is 2.41. The number of rotatable bonds is 9. The Morgan fingerprint density at radius 2 is 1.93 bits per heavy atom. The number of carbonyl (C=O) groups is 1. The summed E-state index contributed by atoms with van der Waals surface area (Å²) in [4.78, 5) is 14.2. The topological polar surface area (TPSA) is 82.0 Å². The fourth-order valence-electron chi connectivity index (χ4n) is 3.82. The average molecular weight is 413 g/mol. The molecule has 3 N–H and O–H groups in total. The number of piperidine rings is 1. The molecule has 1 heterocycles. The molecule has 0 aliphatic carbocycles. The van der Waals surface area contributed by atoms with Crippen LogP contribution in [0.1, 0.15) is 24.0 Å². The van der Waals surface area contributed by atoms with Crippen LogP contribution < -0.4 is 10.1 Å². The van der Waals surface area contributed by atoms with E-state index >= 15 is 0 Å². The van der Waals surface area contributed by atoms with E-state index in [0.717, 1.165) is 23.3 Å². The molecule has 2 aromatic carbocycles. The Labute approximate surface area is 178 Å². The largest absolute Gasteiger partial charge is 0.497 e. The number of aliphatic hydroxyl groups excluding tert-OH is 1. The molecule has 1 amide bonds. The Balaban J connectivity index is 1.41.